The van der Waals surface area contributed by atoms with Crippen molar-refractivity contribution in [2.75, 3.05) is 33.9 Å². The molecule has 3 aliphatic rings. The molecule has 2 fully saturated rings. The lowest BCUT2D eigenvalue weighted by Gasteiger charge is -2.43. The van der Waals surface area contributed by atoms with Gasteiger partial charge in [-0.1, -0.05) is 33.8 Å². The second kappa shape index (κ2) is 17.5. The van der Waals surface area contributed by atoms with Gasteiger partial charge in [-0.3, -0.25) is 19.6 Å². The van der Waals surface area contributed by atoms with Gasteiger partial charge in [0.15, 0.2) is 0 Å². The number of hydrazine groups is 1. The van der Waals surface area contributed by atoms with Gasteiger partial charge >= 0.3 is 12.0 Å². The second-order valence-electron chi connectivity index (χ2n) is 17.9. The fourth-order valence-corrected chi connectivity index (χ4v) is 9.76. The zero-order valence-electron chi connectivity index (χ0n) is 36.8. The van der Waals surface area contributed by atoms with E-state index in [-0.39, 0.29) is 50.1 Å². The molecule has 328 valence electrons. The highest BCUT2D eigenvalue weighted by Gasteiger charge is 2.46. The number of methoxy groups -OCH3 is 1. The van der Waals surface area contributed by atoms with Gasteiger partial charge in [0.2, 0.25) is 11.6 Å². The lowest BCUT2D eigenvalue weighted by atomic mass is 9.84. The molecule has 6 bridgehead atoms. The molecule has 15 nitrogen and oxygen atoms in total. The molecule has 0 spiro atoms. The maximum atomic E-state index is 14.5. The van der Waals surface area contributed by atoms with Crippen LogP contribution in [0, 0.1) is 11.3 Å². The predicted molar refractivity (Wildman–Crippen MR) is 233 cm³/mol. The first kappa shape index (κ1) is 44.2. The van der Waals surface area contributed by atoms with Crippen molar-refractivity contribution in [2.45, 2.75) is 117 Å². The molecule has 4 amide bonds. The van der Waals surface area contributed by atoms with Crippen LogP contribution in [0.4, 0.5) is 4.79 Å². The zero-order chi connectivity index (χ0) is 44.0. The van der Waals surface area contributed by atoms with Crippen molar-refractivity contribution in [1.29, 1.82) is 0 Å². The van der Waals surface area contributed by atoms with Crippen LogP contribution in [-0.4, -0.2) is 116 Å². The number of pyridine rings is 1. The third kappa shape index (κ3) is 8.64. The van der Waals surface area contributed by atoms with E-state index in [0.29, 0.717) is 30.9 Å². The number of thiazole rings is 1. The Hall–Kier alpha value is -4.90. The molecule has 0 unspecified atom stereocenters. The zero-order valence-corrected chi connectivity index (χ0v) is 37.6. The second-order valence-corrected chi connectivity index (χ2v) is 18.8. The topological polar surface area (TPSA) is 171 Å². The Bertz CT molecular complexity index is 2310. The average molecular weight is 857 g/mol. The normalized spacial score (nSPS) is 22.9. The maximum Gasteiger partial charge on any atom is 0.355 e. The molecule has 4 aromatic rings. The molecule has 7 rings (SSSR count). The van der Waals surface area contributed by atoms with Crippen LogP contribution in [0.3, 0.4) is 0 Å². The fraction of sp³-hybridized carbons (Fsp3) is 0.556. The standard InChI is InChI=1S/C45H60N8O7S/c1-10-51-35-15-14-29-21-31(35)32(39(51)30-13-11-18-46-37(30)28(5)59-9)23-44(6,7)25-60-42(56)45(58)17-12-19-53(49-45)41(55)33(22-36-47-34(29)24-61-36)48-40(54)38(26(2)3)50(8)43(57)52-20-16-27(52)4/h11,13-15,18,21,24,26-28,33,38,49,58H,10,12,16-17,19-20,22-23,25H2,1-9H3,(H,48,54)/t27-,28-,33-,38-,45-/m0/s1. The number of urea groups is 1. The lowest BCUT2D eigenvalue weighted by molar-refractivity contribution is -0.189. The van der Waals surface area contributed by atoms with Gasteiger partial charge < -0.3 is 34.3 Å². The molecule has 3 aliphatic heterocycles. The van der Waals surface area contributed by atoms with Crippen LogP contribution in [0.5, 0.6) is 0 Å². The van der Waals surface area contributed by atoms with E-state index in [1.807, 2.05) is 53.0 Å². The minimum absolute atomic E-state index is 0.0124. The minimum atomic E-state index is -2.20. The van der Waals surface area contributed by atoms with Gasteiger partial charge in [-0.2, -0.15) is 5.43 Å². The van der Waals surface area contributed by atoms with E-state index in [4.69, 9.17) is 19.4 Å². The molecule has 3 aromatic heterocycles. The average Bonchev–Trinajstić information content (AvgIpc) is 3.82. The van der Waals surface area contributed by atoms with Crippen LogP contribution in [0.1, 0.15) is 90.1 Å². The van der Waals surface area contributed by atoms with Gasteiger partial charge in [0.05, 0.1) is 34.8 Å². The Morgan fingerprint density at radius 2 is 1.95 bits per heavy atom. The van der Waals surface area contributed by atoms with E-state index in [0.717, 1.165) is 51.1 Å². The summed E-state index contributed by atoms with van der Waals surface area (Å²) in [6.07, 6.45) is 3.24. The Balaban J connectivity index is 1.32. The summed E-state index contributed by atoms with van der Waals surface area (Å²) in [5, 5.41) is 19.5. The lowest BCUT2D eigenvalue weighted by Crippen LogP contribution is -2.67. The first-order chi connectivity index (χ1) is 29.0. The molecular formula is C45H60N8O7S. The number of amides is 4. The van der Waals surface area contributed by atoms with Crippen molar-refractivity contribution < 1.29 is 33.8 Å². The molecule has 5 atom stereocenters. The first-order valence-electron chi connectivity index (χ1n) is 21.4. The Morgan fingerprint density at radius 3 is 2.62 bits per heavy atom. The predicted octanol–water partition coefficient (Wildman–Crippen LogP) is 5.69. The van der Waals surface area contributed by atoms with E-state index in [1.165, 1.54) is 21.2 Å². The number of esters is 1. The number of fused-ring (bicyclic) bond motifs is 6. The van der Waals surface area contributed by atoms with Gasteiger partial charge in [-0.15, -0.1) is 11.3 Å². The summed E-state index contributed by atoms with van der Waals surface area (Å²) in [5.41, 5.74) is 6.40. The Kier molecular flexibility index (Phi) is 12.6. The number of benzene rings is 1. The van der Waals surface area contributed by atoms with Gasteiger partial charge in [-0.25, -0.2) is 14.6 Å². The molecule has 6 heterocycles. The van der Waals surface area contributed by atoms with Crippen LogP contribution in [0.2, 0.25) is 0 Å². The molecule has 61 heavy (non-hydrogen) atoms. The van der Waals surface area contributed by atoms with Crippen LogP contribution < -0.4 is 10.7 Å². The van der Waals surface area contributed by atoms with E-state index in [1.54, 1.807) is 25.3 Å². The molecule has 0 radical (unpaired) electrons. The summed E-state index contributed by atoms with van der Waals surface area (Å²) >= 11 is 1.38. The highest BCUT2D eigenvalue weighted by Crippen LogP contribution is 2.42. The third-order valence-corrected chi connectivity index (χ3v) is 13.3. The molecular weight excluding hydrogens is 797 g/mol. The molecule has 0 saturated carbocycles. The van der Waals surface area contributed by atoms with Gasteiger partial charge in [-0.05, 0) is 75.8 Å². The highest BCUT2D eigenvalue weighted by molar-refractivity contribution is 7.10. The number of nitrogens with one attached hydrogen (secondary N) is 2. The number of likely N-dealkylation sites (tertiary alicyclic amines) is 1. The van der Waals surface area contributed by atoms with E-state index in [9.17, 15) is 24.3 Å². The number of ether oxygens (including phenoxy) is 2. The number of nitrogens with zero attached hydrogens (tertiary/aromatic N) is 6. The number of rotatable bonds is 8. The molecule has 1 aromatic carbocycles. The third-order valence-electron chi connectivity index (χ3n) is 12.4. The number of likely N-dealkylation sites (N-methyl/N-ethyl adjacent to an activating group) is 1. The van der Waals surface area contributed by atoms with Crippen LogP contribution in [0.15, 0.2) is 41.9 Å². The minimum Gasteiger partial charge on any atom is -0.462 e. The number of hydrogen-bond donors (Lipinski definition) is 3. The molecule has 2 saturated heterocycles. The summed E-state index contributed by atoms with van der Waals surface area (Å²) in [6, 6.07) is 8.11. The van der Waals surface area contributed by atoms with E-state index < -0.39 is 41.0 Å². The fourth-order valence-electron chi connectivity index (χ4n) is 8.91. The van der Waals surface area contributed by atoms with Gasteiger partial charge in [0, 0.05) is 91.7 Å². The van der Waals surface area contributed by atoms with Crippen LogP contribution in [-0.2, 0) is 43.2 Å². The van der Waals surface area contributed by atoms with Crippen LogP contribution >= 0.6 is 11.3 Å². The number of carbonyl (C=O) groups excluding carboxylic acids is 4. The number of carbonyl (C=O) groups is 4. The maximum absolute atomic E-state index is 14.5. The largest absolute Gasteiger partial charge is 0.462 e. The van der Waals surface area contributed by atoms with Crippen molar-refractivity contribution in [2.24, 2.45) is 11.3 Å². The van der Waals surface area contributed by atoms with Crippen molar-refractivity contribution >= 4 is 46.1 Å². The number of hydrogen-bond acceptors (Lipinski definition) is 11. The highest BCUT2D eigenvalue weighted by atomic mass is 32.1. The molecule has 0 aliphatic carbocycles. The monoisotopic (exact) mass is 856 g/mol. The van der Waals surface area contributed by atoms with Crippen LogP contribution in [0.25, 0.3) is 33.4 Å². The SMILES string of the molecule is CCn1c(-c2cccnc2[C@H](C)OC)c2c3cc(ccc31)-c1csc(n1)C[C@H](NC(=O)[C@H](C(C)C)N(C)C(=O)N1CC[C@@H]1C)C(=O)N1CCC[C@@](O)(N1)C(=O)OCC(C)(C)C2. The number of aryl methyl sites for hydroxylation is 1. The van der Waals surface area contributed by atoms with E-state index in [2.05, 4.69) is 46.5 Å². The number of aromatic nitrogens is 3. The molecule has 3 N–H and O–H groups in total. The Morgan fingerprint density at radius 1 is 1.18 bits per heavy atom. The Labute approximate surface area is 361 Å². The van der Waals surface area contributed by atoms with E-state index >= 15 is 0 Å². The summed E-state index contributed by atoms with van der Waals surface area (Å²) in [7, 11) is 3.29. The first-order valence-corrected chi connectivity index (χ1v) is 22.3. The van der Waals surface area contributed by atoms with Gasteiger partial charge in [0.25, 0.3) is 5.91 Å². The van der Waals surface area contributed by atoms with Crippen molar-refractivity contribution in [1.82, 2.24) is 40.1 Å². The summed E-state index contributed by atoms with van der Waals surface area (Å²) in [6.45, 7) is 15.3. The smallest absolute Gasteiger partial charge is 0.355 e. The van der Waals surface area contributed by atoms with Crippen molar-refractivity contribution in [3.8, 4) is 22.5 Å². The summed E-state index contributed by atoms with van der Waals surface area (Å²) < 4.78 is 14.0. The van der Waals surface area contributed by atoms with Gasteiger partial charge in [0.1, 0.15) is 12.1 Å². The molecule has 16 heteroatoms. The summed E-state index contributed by atoms with van der Waals surface area (Å²) in [5.74, 6) is -2.22. The summed E-state index contributed by atoms with van der Waals surface area (Å²) in [4.78, 5) is 69.1. The quantitative estimate of drug-likeness (QED) is 0.187. The van der Waals surface area contributed by atoms with Crippen molar-refractivity contribution in [3.05, 3.63) is 58.2 Å². The number of cyclic esters (lactones) is 1. The number of aliphatic hydroxyl groups is 1. The van der Waals surface area contributed by atoms with Crippen molar-refractivity contribution in [3.63, 3.8) is 0 Å².